The van der Waals surface area contributed by atoms with Crippen molar-refractivity contribution in [3.8, 4) is 0 Å². The summed E-state index contributed by atoms with van der Waals surface area (Å²) in [5.74, 6) is 1.34. The maximum atomic E-state index is 12.7. The van der Waals surface area contributed by atoms with Gasteiger partial charge in [-0.15, -0.1) is 0 Å². The van der Waals surface area contributed by atoms with E-state index in [2.05, 4.69) is 15.5 Å². The number of furan rings is 1. The van der Waals surface area contributed by atoms with Crippen molar-refractivity contribution in [2.45, 2.75) is 39.2 Å². The van der Waals surface area contributed by atoms with E-state index in [9.17, 15) is 9.59 Å². The molecular formula is C21H24N4O3. The normalized spacial score (nSPS) is 15.1. The molecule has 1 aliphatic heterocycles. The van der Waals surface area contributed by atoms with E-state index in [4.69, 9.17) is 4.42 Å². The highest BCUT2D eigenvalue weighted by Gasteiger charge is 2.25. The second-order valence-corrected chi connectivity index (χ2v) is 7.35. The fourth-order valence-electron chi connectivity index (χ4n) is 3.80. The van der Waals surface area contributed by atoms with Crippen LogP contribution in [0.5, 0.6) is 0 Å². The Labute approximate surface area is 163 Å². The highest BCUT2D eigenvalue weighted by Crippen LogP contribution is 2.19. The summed E-state index contributed by atoms with van der Waals surface area (Å²) in [6.07, 6.45) is 1.80. The molecule has 0 spiro atoms. The molecule has 1 saturated heterocycles. The lowest BCUT2D eigenvalue weighted by Gasteiger charge is -2.32. The molecule has 7 nitrogen and oxygen atoms in total. The summed E-state index contributed by atoms with van der Waals surface area (Å²) in [6.45, 7) is 4.90. The van der Waals surface area contributed by atoms with E-state index in [1.165, 1.54) is 0 Å². The number of aromatic amines is 1. The van der Waals surface area contributed by atoms with Crippen LogP contribution in [0, 0.1) is 13.8 Å². The number of aryl methyl sites for hydroxylation is 2. The number of amides is 2. The average molecular weight is 380 g/mol. The number of para-hydroxylation sites is 1. The molecular weight excluding hydrogens is 356 g/mol. The molecule has 7 heteroatoms. The molecule has 1 aromatic carbocycles. The highest BCUT2D eigenvalue weighted by atomic mass is 16.3. The van der Waals surface area contributed by atoms with Gasteiger partial charge in [0.05, 0.1) is 23.2 Å². The number of piperidine rings is 1. The van der Waals surface area contributed by atoms with Crippen molar-refractivity contribution >= 4 is 22.7 Å². The largest absolute Gasteiger partial charge is 0.466 e. The third-order valence-corrected chi connectivity index (χ3v) is 5.34. The topological polar surface area (TPSA) is 91.2 Å². The third-order valence-electron chi connectivity index (χ3n) is 5.34. The minimum absolute atomic E-state index is 0.0686. The Hall–Kier alpha value is -3.09. The van der Waals surface area contributed by atoms with E-state index in [-0.39, 0.29) is 17.9 Å². The van der Waals surface area contributed by atoms with Crippen molar-refractivity contribution in [3.05, 3.63) is 53.1 Å². The van der Waals surface area contributed by atoms with E-state index < -0.39 is 0 Å². The molecule has 1 aliphatic rings. The molecule has 3 heterocycles. The molecule has 1 fully saturated rings. The second-order valence-electron chi connectivity index (χ2n) is 7.35. The minimum Gasteiger partial charge on any atom is -0.466 e. The molecule has 2 aromatic heterocycles. The summed E-state index contributed by atoms with van der Waals surface area (Å²) in [6, 6.07) is 9.61. The molecule has 0 radical (unpaired) electrons. The van der Waals surface area contributed by atoms with Crippen LogP contribution in [0.2, 0.25) is 0 Å². The standard InChI is InChI=1S/C21H24N4O3/c1-13-11-17(14(2)28-13)21(27)22-15-7-9-25(10-8-15)20(26)12-19-16-5-3-4-6-18(16)23-24-19/h3-6,11,15H,7-10,12H2,1-2H3,(H,22,27)(H,23,24). The van der Waals surface area contributed by atoms with Gasteiger partial charge in [0.25, 0.3) is 5.91 Å². The van der Waals surface area contributed by atoms with Gasteiger partial charge in [-0.2, -0.15) is 5.10 Å². The lowest BCUT2D eigenvalue weighted by atomic mass is 10.0. The van der Waals surface area contributed by atoms with Crippen LogP contribution in [0.15, 0.2) is 34.7 Å². The first-order valence-electron chi connectivity index (χ1n) is 9.59. The smallest absolute Gasteiger partial charge is 0.255 e. The van der Waals surface area contributed by atoms with Gasteiger partial charge >= 0.3 is 0 Å². The second kappa shape index (κ2) is 7.50. The minimum atomic E-state index is -0.108. The van der Waals surface area contributed by atoms with Gasteiger partial charge in [-0.05, 0) is 38.8 Å². The van der Waals surface area contributed by atoms with Crippen molar-refractivity contribution in [3.63, 3.8) is 0 Å². The van der Waals surface area contributed by atoms with Crippen LogP contribution < -0.4 is 5.32 Å². The number of hydrogen-bond donors (Lipinski definition) is 2. The molecule has 2 N–H and O–H groups in total. The van der Waals surface area contributed by atoms with Gasteiger partial charge in [0, 0.05) is 24.5 Å². The van der Waals surface area contributed by atoms with Gasteiger partial charge in [-0.25, -0.2) is 0 Å². The number of hydrogen-bond acceptors (Lipinski definition) is 4. The molecule has 3 aromatic rings. The monoisotopic (exact) mass is 380 g/mol. The average Bonchev–Trinajstić information content (AvgIpc) is 3.25. The zero-order valence-corrected chi connectivity index (χ0v) is 16.1. The van der Waals surface area contributed by atoms with Gasteiger partial charge in [0.1, 0.15) is 11.5 Å². The fraction of sp³-hybridized carbons (Fsp3) is 0.381. The van der Waals surface area contributed by atoms with Crippen LogP contribution in [-0.2, 0) is 11.2 Å². The quantitative estimate of drug-likeness (QED) is 0.728. The van der Waals surface area contributed by atoms with E-state index >= 15 is 0 Å². The van der Waals surface area contributed by atoms with Gasteiger partial charge in [-0.1, -0.05) is 18.2 Å². The van der Waals surface area contributed by atoms with Crippen LogP contribution in [0.1, 0.15) is 40.4 Å². The summed E-state index contributed by atoms with van der Waals surface area (Å²) in [5.41, 5.74) is 2.31. The summed E-state index contributed by atoms with van der Waals surface area (Å²) in [7, 11) is 0. The zero-order valence-electron chi connectivity index (χ0n) is 16.1. The number of nitrogens with zero attached hydrogens (tertiary/aromatic N) is 2. The van der Waals surface area contributed by atoms with Gasteiger partial charge in [0.2, 0.25) is 5.91 Å². The summed E-state index contributed by atoms with van der Waals surface area (Å²) >= 11 is 0. The van der Waals surface area contributed by atoms with Gasteiger partial charge < -0.3 is 14.6 Å². The number of nitrogens with one attached hydrogen (secondary N) is 2. The first kappa shape index (κ1) is 18.3. The molecule has 146 valence electrons. The van der Waals surface area contributed by atoms with Crippen LogP contribution >= 0.6 is 0 Å². The molecule has 28 heavy (non-hydrogen) atoms. The molecule has 0 unspecified atom stereocenters. The number of aromatic nitrogens is 2. The van der Waals surface area contributed by atoms with Crippen LogP contribution in [0.25, 0.3) is 10.9 Å². The lowest BCUT2D eigenvalue weighted by Crippen LogP contribution is -2.47. The zero-order chi connectivity index (χ0) is 19.7. The molecule has 0 bridgehead atoms. The number of carbonyl (C=O) groups excluding carboxylic acids is 2. The number of carbonyl (C=O) groups is 2. The van der Waals surface area contributed by atoms with Crippen LogP contribution in [0.4, 0.5) is 0 Å². The van der Waals surface area contributed by atoms with Gasteiger partial charge in [-0.3, -0.25) is 14.7 Å². The van der Waals surface area contributed by atoms with Gasteiger partial charge in [0.15, 0.2) is 0 Å². The third kappa shape index (κ3) is 3.65. The first-order valence-corrected chi connectivity index (χ1v) is 9.59. The van der Waals surface area contributed by atoms with Crippen molar-refractivity contribution in [2.75, 3.05) is 13.1 Å². The fourth-order valence-corrected chi connectivity index (χ4v) is 3.80. The Kier molecular flexibility index (Phi) is 4.90. The number of benzene rings is 1. The van der Waals surface area contributed by atoms with E-state index in [0.29, 0.717) is 30.8 Å². The molecule has 2 amide bonds. The predicted octanol–water partition coefficient (Wildman–Crippen LogP) is 2.74. The molecule has 0 saturated carbocycles. The number of likely N-dealkylation sites (tertiary alicyclic amines) is 1. The van der Waals surface area contributed by atoms with E-state index in [1.807, 2.05) is 36.1 Å². The SMILES string of the molecule is Cc1cc(C(=O)NC2CCN(C(=O)Cc3[nH]nc4ccccc34)CC2)c(C)o1. The summed E-state index contributed by atoms with van der Waals surface area (Å²) < 4.78 is 5.43. The predicted molar refractivity (Wildman–Crippen MR) is 105 cm³/mol. The van der Waals surface area contributed by atoms with E-state index in [0.717, 1.165) is 35.2 Å². The van der Waals surface area contributed by atoms with Crippen LogP contribution in [-0.4, -0.2) is 46.0 Å². The van der Waals surface area contributed by atoms with Crippen molar-refractivity contribution in [1.29, 1.82) is 0 Å². The van der Waals surface area contributed by atoms with Crippen LogP contribution in [0.3, 0.4) is 0 Å². The maximum Gasteiger partial charge on any atom is 0.255 e. The Bertz CT molecular complexity index is 1010. The highest BCUT2D eigenvalue weighted by molar-refractivity contribution is 5.95. The number of H-pyrrole nitrogens is 1. The molecule has 0 aliphatic carbocycles. The van der Waals surface area contributed by atoms with Crippen molar-refractivity contribution in [2.24, 2.45) is 0 Å². The summed E-state index contributed by atoms with van der Waals surface area (Å²) in [4.78, 5) is 27.0. The number of rotatable bonds is 4. The van der Waals surface area contributed by atoms with Crippen molar-refractivity contribution < 1.29 is 14.0 Å². The summed E-state index contributed by atoms with van der Waals surface area (Å²) in [5, 5.41) is 11.3. The maximum absolute atomic E-state index is 12.7. The molecule has 4 rings (SSSR count). The Morgan fingerprint density at radius 2 is 2.00 bits per heavy atom. The van der Waals surface area contributed by atoms with E-state index in [1.54, 1.807) is 13.0 Å². The Morgan fingerprint density at radius 3 is 2.71 bits per heavy atom. The van der Waals surface area contributed by atoms with Crippen molar-refractivity contribution in [1.82, 2.24) is 20.4 Å². The Morgan fingerprint density at radius 1 is 1.25 bits per heavy atom. The lowest BCUT2D eigenvalue weighted by molar-refractivity contribution is -0.131. The first-order chi connectivity index (χ1) is 13.5. The molecule has 0 atom stereocenters. The Balaban J connectivity index is 1.32. The number of fused-ring (bicyclic) bond motifs is 1.